The van der Waals surface area contributed by atoms with Crippen molar-refractivity contribution >= 4 is 28.3 Å². The molecule has 0 saturated carbocycles. The quantitative estimate of drug-likeness (QED) is 0.408. The van der Waals surface area contributed by atoms with Crippen molar-refractivity contribution in [2.45, 2.75) is 19.1 Å². The molecule has 27 heavy (non-hydrogen) atoms. The Balaban J connectivity index is 0.00000210. The zero-order valence-electron chi connectivity index (χ0n) is 14.8. The molecule has 2 aromatic carbocycles. The van der Waals surface area contributed by atoms with Crippen LogP contribution < -0.4 is 21.9 Å². The molecule has 0 aromatic heterocycles. The van der Waals surface area contributed by atoms with Crippen molar-refractivity contribution < 1.29 is 31.6 Å². The third-order valence-electron chi connectivity index (χ3n) is 4.99. The van der Waals surface area contributed by atoms with Gasteiger partial charge in [0.25, 0.3) is 11.4 Å². The number of nitro groups is 1. The average molecular weight is 450 g/mol. The topological polar surface area (TPSA) is 69.6 Å². The van der Waals surface area contributed by atoms with Gasteiger partial charge in [-0.1, -0.05) is 18.2 Å². The third kappa shape index (κ3) is 3.37. The lowest BCUT2D eigenvalue weighted by Gasteiger charge is -2.24. The Morgan fingerprint density at radius 3 is 2.59 bits per heavy atom. The number of halogens is 1. The van der Waals surface area contributed by atoms with E-state index in [0.29, 0.717) is 12.1 Å². The Labute approximate surface area is 172 Å². The van der Waals surface area contributed by atoms with Gasteiger partial charge >= 0.3 is 5.17 Å². The summed E-state index contributed by atoms with van der Waals surface area (Å²) in [4.78, 5) is 12.7. The van der Waals surface area contributed by atoms with Crippen LogP contribution in [0.15, 0.2) is 48.5 Å². The summed E-state index contributed by atoms with van der Waals surface area (Å²) in [6.45, 7) is 3.23. The molecule has 0 fully saturated rings. The molecule has 2 heterocycles. The van der Waals surface area contributed by atoms with Gasteiger partial charge in [-0.25, -0.2) is 9.48 Å². The number of benzene rings is 2. The first-order valence-electron chi connectivity index (χ1n) is 8.58. The number of non-ortho nitro benzene ring substituents is 1. The predicted molar refractivity (Wildman–Crippen MR) is 103 cm³/mol. The van der Waals surface area contributed by atoms with Crippen LogP contribution in [0.5, 0.6) is 0 Å². The second-order valence-corrected chi connectivity index (χ2v) is 7.69. The van der Waals surface area contributed by atoms with Crippen molar-refractivity contribution in [3.05, 3.63) is 69.8 Å². The normalized spacial score (nSPS) is 21.6. The summed E-state index contributed by atoms with van der Waals surface area (Å²) in [5.74, 6) is 1.02. The van der Waals surface area contributed by atoms with E-state index < -0.39 is 10.6 Å². The summed E-state index contributed by atoms with van der Waals surface area (Å²) in [6.07, 6.45) is 0.991. The number of aryl methyl sites for hydroxylation is 1. The molecule has 0 bridgehead atoms. The standard InChI is InChI=1S/C19H20N3O3S.BrH/c1-14-5-2-3-6-17(14)20-13-19(23,21-11-4-12-26-18(20)21)15-7-9-16(10-8-15)22(24)25;/h2-3,5-10,23H,4,11-13H2,1H3;1H/q+1;/p-1. The minimum Gasteiger partial charge on any atom is -1.00 e. The van der Waals surface area contributed by atoms with Crippen LogP contribution in [0, 0.1) is 17.0 Å². The van der Waals surface area contributed by atoms with Crippen LogP contribution in [0.3, 0.4) is 0 Å². The summed E-state index contributed by atoms with van der Waals surface area (Å²) in [6, 6.07) is 14.4. The van der Waals surface area contributed by atoms with Crippen LogP contribution in [-0.4, -0.2) is 38.6 Å². The highest BCUT2D eigenvalue weighted by Gasteiger charge is 2.53. The Morgan fingerprint density at radius 2 is 1.93 bits per heavy atom. The van der Waals surface area contributed by atoms with Gasteiger partial charge in [-0.15, -0.1) is 0 Å². The number of hydrogen-bond donors (Lipinski definition) is 1. The first-order chi connectivity index (χ1) is 12.5. The fourth-order valence-electron chi connectivity index (χ4n) is 3.65. The number of rotatable bonds is 3. The molecule has 2 aromatic rings. The van der Waals surface area contributed by atoms with E-state index in [1.165, 1.54) is 12.1 Å². The monoisotopic (exact) mass is 449 g/mol. The van der Waals surface area contributed by atoms with Gasteiger partial charge in [0.05, 0.1) is 11.5 Å². The van der Waals surface area contributed by atoms with Crippen LogP contribution in [-0.2, 0) is 5.72 Å². The summed E-state index contributed by atoms with van der Waals surface area (Å²) < 4.78 is 2.04. The molecule has 2 aliphatic heterocycles. The number of amidine groups is 1. The Bertz CT molecular complexity index is 903. The molecule has 4 rings (SSSR count). The SMILES string of the molecule is Cc1ccccc1N1CC(O)(c2ccc([N+](=O)[O-])cc2)[N+]2=C1SCCC2.[Br-]. The molecule has 0 amide bonds. The molecule has 8 heteroatoms. The van der Waals surface area contributed by atoms with E-state index in [9.17, 15) is 15.2 Å². The molecule has 1 unspecified atom stereocenters. The molecule has 1 N–H and O–H groups in total. The fourth-order valence-corrected chi connectivity index (χ4v) is 4.82. The van der Waals surface area contributed by atoms with E-state index in [1.807, 2.05) is 16.7 Å². The second-order valence-electron chi connectivity index (χ2n) is 6.63. The second kappa shape index (κ2) is 7.61. The van der Waals surface area contributed by atoms with E-state index in [4.69, 9.17) is 0 Å². The van der Waals surface area contributed by atoms with Crippen LogP contribution in [0.25, 0.3) is 0 Å². The summed E-state index contributed by atoms with van der Waals surface area (Å²) in [7, 11) is 0. The van der Waals surface area contributed by atoms with Crippen molar-refractivity contribution in [1.82, 2.24) is 0 Å². The Kier molecular flexibility index (Phi) is 5.60. The molecule has 0 saturated heterocycles. The summed E-state index contributed by atoms with van der Waals surface area (Å²) >= 11 is 1.75. The molecule has 0 aliphatic carbocycles. The zero-order valence-corrected chi connectivity index (χ0v) is 17.2. The lowest BCUT2D eigenvalue weighted by atomic mass is 10.0. The number of nitrogens with zero attached hydrogens (tertiary/aromatic N) is 3. The maximum Gasteiger partial charge on any atom is 0.316 e. The van der Waals surface area contributed by atoms with Gasteiger partial charge in [0, 0.05) is 23.4 Å². The van der Waals surface area contributed by atoms with Crippen molar-refractivity contribution in [1.29, 1.82) is 0 Å². The minimum atomic E-state index is -1.19. The van der Waals surface area contributed by atoms with E-state index in [-0.39, 0.29) is 22.7 Å². The van der Waals surface area contributed by atoms with Crippen molar-refractivity contribution in [2.24, 2.45) is 0 Å². The zero-order chi connectivity index (χ0) is 18.3. The Morgan fingerprint density at radius 1 is 1.22 bits per heavy atom. The number of thioether (sulfide) groups is 1. The molecular weight excluding hydrogens is 430 g/mol. The largest absolute Gasteiger partial charge is 1.00 e. The maximum atomic E-state index is 11.6. The van der Waals surface area contributed by atoms with Gasteiger partial charge < -0.3 is 22.1 Å². The van der Waals surface area contributed by atoms with Crippen LogP contribution in [0.1, 0.15) is 17.5 Å². The summed E-state index contributed by atoms with van der Waals surface area (Å²) in [5, 5.41) is 23.6. The molecule has 0 spiro atoms. The lowest BCUT2D eigenvalue weighted by Crippen LogP contribution is -3.00. The number of anilines is 1. The highest BCUT2D eigenvalue weighted by Crippen LogP contribution is 2.38. The van der Waals surface area contributed by atoms with Crippen LogP contribution in [0.2, 0.25) is 0 Å². The third-order valence-corrected chi connectivity index (χ3v) is 6.18. The fraction of sp³-hybridized carbons (Fsp3) is 0.316. The van der Waals surface area contributed by atoms with E-state index in [1.54, 1.807) is 23.9 Å². The van der Waals surface area contributed by atoms with Gasteiger partial charge in [-0.3, -0.25) is 10.1 Å². The number of β-amino-alcohol motifs (C(OH)–C–C–N with tert-alkyl or cyclic N) is 1. The Hall–Kier alpha value is -1.90. The van der Waals surface area contributed by atoms with Gasteiger partial charge in [0.2, 0.25) is 0 Å². The molecule has 2 aliphatic rings. The van der Waals surface area contributed by atoms with E-state index >= 15 is 0 Å². The van der Waals surface area contributed by atoms with Gasteiger partial charge in [-0.2, -0.15) is 0 Å². The number of aliphatic hydroxyl groups is 1. The molecule has 6 nitrogen and oxygen atoms in total. The highest BCUT2D eigenvalue weighted by atomic mass is 79.9. The van der Waals surface area contributed by atoms with Crippen molar-refractivity contribution in [3.63, 3.8) is 0 Å². The lowest BCUT2D eigenvalue weighted by molar-refractivity contribution is -0.656. The van der Waals surface area contributed by atoms with Gasteiger partial charge in [0.15, 0.2) is 6.54 Å². The number of hydrogen-bond acceptors (Lipinski definition) is 5. The minimum absolute atomic E-state index is 0. The number of para-hydroxylation sites is 1. The van der Waals surface area contributed by atoms with E-state index in [2.05, 4.69) is 24.0 Å². The molecule has 1 atom stereocenters. The van der Waals surface area contributed by atoms with Gasteiger partial charge in [-0.05, 0) is 48.9 Å². The van der Waals surface area contributed by atoms with Gasteiger partial charge in [0.1, 0.15) is 5.69 Å². The maximum absolute atomic E-state index is 11.6. The smallest absolute Gasteiger partial charge is 0.316 e. The van der Waals surface area contributed by atoms with Crippen molar-refractivity contribution in [2.75, 3.05) is 23.7 Å². The number of nitro benzene ring substituents is 1. The predicted octanol–water partition coefficient (Wildman–Crippen LogP) is 0.0779. The van der Waals surface area contributed by atoms with E-state index in [0.717, 1.165) is 35.1 Å². The molecule has 142 valence electrons. The van der Waals surface area contributed by atoms with Crippen LogP contribution >= 0.6 is 11.8 Å². The van der Waals surface area contributed by atoms with Crippen molar-refractivity contribution in [3.8, 4) is 0 Å². The first kappa shape index (κ1) is 19.9. The summed E-state index contributed by atoms with van der Waals surface area (Å²) in [5.41, 5.74) is 1.75. The molecule has 0 radical (unpaired) electrons. The highest BCUT2D eigenvalue weighted by molar-refractivity contribution is 8.13. The molecular formula is C19H20BrN3O3S. The van der Waals surface area contributed by atoms with Crippen LogP contribution in [0.4, 0.5) is 11.4 Å². The first-order valence-corrected chi connectivity index (χ1v) is 9.57. The average Bonchev–Trinajstić information content (AvgIpc) is 2.97.